The topological polar surface area (TPSA) is 52.1 Å². The summed E-state index contributed by atoms with van der Waals surface area (Å²) in [6, 6.07) is 21.6. The second-order valence-electron chi connectivity index (χ2n) is 10.8. The maximum atomic E-state index is 5.41. The molecule has 8 heteroatoms. The van der Waals surface area contributed by atoms with Crippen LogP contribution < -0.4 is 0 Å². The first kappa shape index (κ1) is 34.3. The number of fused-ring (bicyclic) bond motifs is 2. The Morgan fingerprint density at radius 1 is 0.738 bits per heavy atom. The van der Waals surface area contributed by atoms with Crippen molar-refractivity contribution in [3.05, 3.63) is 96.7 Å². The second-order valence-corrected chi connectivity index (χ2v) is 15.5. The number of halogens is 2. The summed E-state index contributed by atoms with van der Waals surface area (Å²) in [6.07, 6.45) is 8.83. The number of hydrogen-bond donors (Lipinski definition) is 0. The van der Waals surface area contributed by atoms with E-state index in [1.807, 2.05) is 0 Å². The van der Waals surface area contributed by atoms with Gasteiger partial charge in [0.2, 0.25) is 11.8 Å². The third kappa shape index (κ3) is 9.91. The molecule has 0 spiro atoms. The van der Waals surface area contributed by atoms with Crippen LogP contribution in [0.1, 0.15) is 38.8 Å². The van der Waals surface area contributed by atoms with Crippen LogP contribution in [0.2, 0.25) is 13.1 Å². The van der Waals surface area contributed by atoms with E-state index in [2.05, 4.69) is 111 Å². The first-order chi connectivity index (χ1) is 20.3. The molecule has 0 unspecified atom stereocenters. The zero-order chi connectivity index (χ0) is 30.5. The van der Waals surface area contributed by atoms with Crippen molar-refractivity contribution in [3.63, 3.8) is 0 Å². The standard InChI is InChI=1S/2C16H16NO.C2H6Si.2ClH.Zr/c2*1-11(2)8-12-9-13-4-3-5-14(15(13)10-12)16-17-6-7-18-16;1-3-2;;;/h2*3-7,9-11H,8H2,1-2H3;1-2H3;2*1H;/q2*-1;;;;+4/p-2. The van der Waals surface area contributed by atoms with Gasteiger partial charge in [-0.1, -0.05) is 52.9 Å². The fourth-order valence-corrected chi connectivity index (χ4v) is 4.86. The minimum absolute atomic E-state index is 0.673. The normalized spacial score (nSPS) is 10.5. The summed E-state index contributed by atoms with van der Waals surface area (Å²) in [7, 11) is 11.0. The molecule has 0 aliphatic heterocycles. The van der Waals surface area contributed by atoms with Gasteiger partial charge in [0.25, 0.3) is 0 Å². The predicted molar refractivity (Wildman–Crippen MR) is 176 cm³/mol. The molecule has 42 heavy (non-hydrogen) atoms. The third-order valence-electron chi connectivity index (χ3n) is 6.23. The van der Waals surface area contributed by atoms with E-state index in [0.29, 0.717) is 23.6 Å². The molecule has 6 rings (SSSR count). The minimum atomic E-state index is -0.826. The summed E-state index contributed by atoms with van der Waals surface area (Å²) >= 11 is -0.826. The van der Waals surface area contributed by atoms with Crippen LogP contribution in [-0.4, -0.2) is 19.5 Å². The molecule has 0 aliphatic carbocycles. The molecule has 0 N–H and O–H groups in total. The predicted octanol–water partition coefficient (Wildman–Crippen LogP) is 11.0. The van der Waals surface area contributed by atoms with Crippen LogP contribution in [0.5, 0.6) is 0 Å². The summed E-state index contributed by atoms with van der Waals surface area (Å²) in [6.45, 7) is 13.3. The number of nitrogens with zero attached hydrogens (tertiary/aromatic N) is 2. The molecule has 4 nitrogen and oxygen atoms in total. The first-order valence-corrected chi connectivity index (χ1v) is 22.3. The van der Waals surface area contributed by atoms with Crippen LogP contribution in [0.4, 0.5) is 0 Å². The van der Waals surface area contributed by atoms with E-state index < -0.39 is 20.8 Å². The van der Waals surface area contributed by atoms with Crippen molar-refractivity contribution in [2.75, 3.05) is 0 Å². The van der Waals surface area contributed by atoms with Crippen molar-refractivity contribution in [3.8, 4) is 22.9 Å². The summed E-state index contributed by atoms with van der Waals surface area (Å²) in [5.41, 5.74) is 4.93. The Kier molecular flexibility index (Phi) is 14.5. The third-order valence-corrected chi connectivity index (χ3v) is 6.23. The first-order valence-electron chi connectivity index (χ1n) is 14.0. The molecule has 0 atom stereocenters. The quantitative estimate of drug-likeness (QED) is 0.128. The second kappa shape index (κ2) is 17.8. The van der Waals surface area contributed by atoms with Gasteiger partial charge in [0.1, 0.15) is 12.5 Å². The molecule has 0 fully saturated rings. The summed E-state index contributed by atoms with van der Waals surface area (Å²) in [4.78, 5) is 8.48. The van der Waals surface area contributed by atoms with Gasteiger partial charge in [-0.25, -0.2) is 9.97 Å². The Bertz CT molecular complexity index is 1470. The van der Waals surface area contributed by atoms with Gasteiger partial charge in [-0.2, -0.15) is 12.1 Å². The van der Waals surface area contributed by atoms with Gasteiger partial charge in [0.15, 0.2) is 0 Å². The molecule has 2 radical (unpaired) electrons. The summed E-state index contributed by atoms with van der Waals surface area (Å²) < 4.78 is 10.8. The SMILES string of the molecule is CC(C)Cc1cc2c(-c3ncco3)cccc2[cH-]1.CC(C)Cc1cc2c(-c3ncco3)cccc2[cH-]1.C[Si]C.[Cl][Zr+2][Cl]. The van der Waals surface area contributed by atoms with Crippen LogP contribution >= 0.6 is 17.0 Å². The van der Waals surface area contributed by atoms with Crippen LogP contribution in [0, 0.1) is 11.8 Å². The van der Waals surface area contributed by atoms with E-state index in [4.69, 9.17) is 25.9 Å². The van der Waals surface area contributed by atoms with E-state index in [1.54, 1.807) is 24.9 Å². The van der Waals surface area contributed by atoms with Crippen LogP contribution in [0.15, 0.2) is 94.4 Å². The van der Waals surface area contributed by atoms with Gasteiger partial charge in [0, 0.05) is 9.52 Å². The Balaban J connectivity index is 0.000000195. The van der Waals surface area contributed by atoms with E-state index in [9.17, 15) is 0 Å². The Morgan fingerprint density at radius 3 is 1.43 bits per heavy atom. The Hall–Kier alpha value is -2.24. The molecule has 2 aromatic heterocycles. The molecule has 4 aromatic carbocycles. The number of hydrogen-bond acceptors (Lipinski definition) is 4. The van der Waals surface area contributed by atoms with Gasteiger partial charge >= 0.3 is 37.9 Å². The molecule has 0 aliphatic rings. The van der Waals surface area contributed by atoms with Crippen molar-refractivity contribution in [1.29, 1.82) is 0 Å². The Labute approximate surface area is 271 Å². The zero-order valence-electron chi connectivity index (χ0n) is 25.1. The molecule has 2 heterocycles. The van der Waals surface area contributed by atoms with E-state index >= 15 is 0 Å². The van der Waals surface area contributed by atoms with Crippen LogP contribution in [0.3, 0.4) is 0 Å². The molecule has 0 saturated heterocycles. The Morgan fingerprint density at radius 2 is 1.12 bits per heavy atom. The average Bonchev–Trinajstić information content (AvgIpc) is 3.75. The zero-order valence-corrected chi connectivity index (χ0v) is 30.1. The van der Waals surface area contributed by atoms with Crippen LogP contribution in [0.25, 0.3) is 44.5 Å². The summed E-state index contributed by atoms with van der Waals surface area (Å²) in [5.74, 6) is 2.74. The maximum absolute atomic E-state index is 5.41. The van der Waals surface area contributed by atoms with Gasteiger partial charge in [0.05, 0.1) is 12.4 Å². The molecule has 0 amide bonds. The van der Waals surface area contributed by atoms with Crippen molar-refractivity contribution in [1.82, 2.24) is 9.97 Å². The monoisotopic (exact) mass is 694 g/mol. The van der Waals surface area contributed by atoms with Crippen LogP contribution in [-0.2, 0) is 33.7 Å². The summed E-state index contributed by atoms with van der Waals surface area (Å²) in [5, 5.41) is 4.99. The van der Waals surface area contributed by atoms with Crippen molar-refractivity contribution < 1.29 is 29.7 Å². The van der Waals surface area contributed by atoms with Gasteiger partial charge in [-0.05, 0) is 35.8 Å². The van der Waals surface area contributed by atoms with Gasteiger partial charge < -0.3 is 8.83 Å². The van der Waals surface area contributed by atoms with Gasteiger partial charge in [-0.15, -0.1) is 69.1 Å². The van der Waals surface area contributed by atoms with Gasteiger partial charge in [-0.3, -0.25) is 0 Å². The molecule has 218 valence electrons. The van der Waals surface area contributed by atoms with Crippen molar-refractivity contribution in [2.24, 2.45) is 11.8 Å². The number of oxazole rings is 2. The molecular weight excluding hydrogens is 659 g/mol. The molecule has 0 saturated carbocycles. The number of aromatic nitrogens is 2. The van der Waals surface area contributed by atoms with E-state index in [1.165, 1.54) is 32.7 Å². The van der Waals surface area contributed by atoms with Crippen molar-refractivity contribution in [2.45, 2.75) is 53.6 Å². The molecule has 0 bridgehead atoms. The van der Waals surface area contributed by atoms with Crippen molar-refractivity contribution >= 4 is 48.1 Å². The van der Waals surface area contributed by atoms with E-state index in [-0.39, 0.29) is 0 Å². The average molecular weight is 697 g/mol. The number of benzene rings is 2. The molecular formula is C34H38Cl2N2O2SiZr. The fourth-order valence-electron chi connectivity index (χ4n) is 4.86. The number of rotatable bonds is 6. The fraction of sp³-hybridized carbons (Fsp3) is 0.294. The molecule has 6 aromatic rings. The van der Waals surface area contributed by atoms with E-state index in [0.717, 1.165) is 33.5 Å².